The standard InChI is InChI=1S/C15H10N2O3/c18-15(19)11-6-3-9-17-14(11)20-12-7-1-4-10-5-2-8-16-13(10)12/h1-9H,(H,18,19). The Morgan fingerprint density at radius 3 is 2.60 bits per heavy atom. The number of pyridine rings is 2. The van der Waals surface area contributed by atoms with Crippen molar-refractivity contribution in [2.75, 3.05) is 0 Å². The molecule has 0 radical (unpaired) electrons. The summed E-state index contributed by atoms with van der Waals surface area (Å²) < 4.78 is 5.63. The summed E-state index contributed by atoms with van der Waals surface area (Å²) in [6, 6.07) is 12.2. The van der Waals surface area contributed by atoms with Crippen molar-refractivity contribution in [3.05, 3.63) is 60.4 Å². The van der Waals surface area contributed by atoms with Crippen LogP contribution in [0.4, 0.5) is 0 Å². The van der Waals surface area contributed by atoms with E-state index in [9.17, 15) is 4.79 Å². The molecule has 0 saturated carbocycles. The second-order valence-corrected chi connectivity index (χ2v) is 4.09. The van der Waals surface area contributed by atoms with Gasteiger partial charge in [-0.25, -0.2) is 9.78 Å². The molecule has 0 fully saturated rings. The van der Waals surface area contributed by atoms with Gasteiger partial charge in [-0.2, -0.15) is 0 Å². The molecule has 0 aliphatic carbocycles. The number of para-hydroxylation sites is 1. The van der Waals surface area contributed by atoms with E-state index in [1.165, 1.54) is 12.3 Å². The topological polar surface area (TPSA) is 72.3 Å². The summed E-state index contributed by atoms with van der Waals surface area (Å²) in [4.78, 5) is 19.4. The largest absolute Gasteiger partial charge is 0.477 e. The minimum absolute atomic E-state index is 0.0143. The number of carbonyl (C=O) groups is 1. The molecule has 0 spiro atoms. The van der Waals surface area contributed by atoms with Gasteiger partial charge in [-0.1, -0.05) is 18.2 Å². The van der Waals surface area contributed by atoms with Crippen LogP contribution in [0.25, 0.3) is 10.9 Å². The van der Waals surface area contributed by atoms with Crippen LogP contribution in [0.3, 0.4) is 0 Å². The lowest BCUT2D eigenvalue weighted by atomic mass is 10.2. The van der Waals surface area contributed by atoms with E-state index in [4.69, 9.17) is 9.84 Å². The summed E-state index contributed by atoms with van der Waals surface area (Å²) in [7, 11) is 0. The van der Waals surface area contributed by atoms with Gasteiger partial charge in [0, 0.05) is 17.8 Å². The van der Waals surface area contributed by atoms with Gasteiger partial charge in [-0.15, -0.1) is 0 Å². The second kappa shape index (κ2) is 4.97. The highest BCUT2D eigenvalue weighted by molar-refractivity contribution is 5.90. The molecule has 0 atom stereocenters. The van der Waals surface area contributed by atoms with Gasteiger partial charge in [0.2, 0.25) is 5.88 Å². The first-order chi connectivity index (χ1) is 9.75. The van der Waals surface area contributed by atoms with Crippen LogP contribution in [0, 0.1) is 0 Å². The van der Waals surface area contributed by atoms with Gasteiger partial charge in [0.1, 0.15) is 11.1 Å². The zero-order chi connectivity index (χ0) is 13.9. The molecule has 20 heavy (non-hydrogen) atoms. The molecule has 0 amide bonds. The molecule has 5 heteroatoms. The van der Waals surface area contributed by atoms with Crippen molar-refractivity contribution in [1.82, 2.24) is 9.97 Å². The van der Waals surface area contributed by atoms with Gasteiger partial charge < -0.3 is 9.84 Å². The van der Waals surface area contributed by atoms with Crippen LogP contribution in [0.1, 0.15) is 10.4 Å². The molecule has 3 rings (SSSR count). The van der Waals surface area contributed by atoms with E-state index in [-0.39, 0.29) is 11.4 Å². The second-order valence-electron chi connectivity index (χ2n) is 4.09. The normalized spacial score (nSPS) is 10.4. The first-order valence-corrected chi connectivity index (χ1v) is 5.95. The number of fused-ring (bicyclic) bond motifs is 1. The van der Waals surface area contributed by atoms with Crippen LogP contribution in [-0.4, -0.2) is 21.0 Å². The van der Waals surface area contributed by atoms with E-state index >= 15 is 0 Å². The molecule has 0 unspecified atom stereocenters. The summed E-state index contributed by atoms with van der Waals surface area (Å²) in [5.74, 6) is -0.552. The number of rotatable bonds is 3. The Kier molecular flexibility index (Phi) is 3.01. The maximum absolute atomic E-state index is 11.1. The predicted octanol–water partition coefficient (Wildman–Crippen LogP) is 3.12. The number of aromatic carboxylic acids is 1. The van der Waals surface area contributed by atoms with Crippen LogP contribution in [-0.2, 0) is 0 Å². The lowest BCUT2D eigenvalue weighted by Crippen LogP contribution is -2.01. The lowest BCUT2D eigenvalue weighted by molar-refractivity contribution is 0.0693. The van der Waals surface area contributed by atoms with E-state index < -0.39 is 5.97 Å². The van der Waals surface area contributed by atoms with Gasteiger partial charge in [-0.3, -0.25) is 4.98 Å². The molecule has 1 aromatic carbocycles. The van der Waals surface area contributed by atoms with E-state index in [2.05, 4.69) is 9.97 Å². The Labute approximate surface area is 114 Å². The third kappa shape index (κ3) is 2.16. The molecule has 0 aliphatic heterocycles. The molecule has 1 N–H and O–H groups in total. The Bertz CT molecular complexity index is 781. The number of carboxylic acids is 1. The van der Waals surface area contributed by atoms with Crippen LogP contribution in [0.2, 0.25) is 0 Å². The summed E-state index contributed by atoms with van der Waals surface area (Å²) in [5.41, 5.74) is 0.678. The molecule has 0 bridgehead atoms. The van der Waals surface area contributed by atoms with Crippen LogP contribution in [0.15, 0.2) is 54.9 Å². The molecule has 98 valence electrons. The summed E-state index contributed by atoms with van der Waals surface area (Å²) in [6.07, 6.45) is 3.14. The maximum atomic E-state index is 11.1. The molecule has 0 saturated heterocycles. The van der Waals surface area contributed by atoms with Gasteiger partial charge in [0.15, 0.2) is 5.75 Å². The van der Waals surface area contributed by atoms with Gasteiger partial charge in [0.25, 0.3) is 0 Å². The van der Waals surface area contributed by atoms with Crippen molar-refractivity contribution in [1.29, 1.82) is 0 Å². The molecule has 5 nitrogen and oxygen atoms in total. The Morgan fingerprint density at radius 1 is 1.00 bits per heavy atom. The summed E-state index contributed by atoms with van der Waals surface area (Å²) >= 11 is 0. The summed E-state index contributed by atoms with van der Waals surface area (Å²) in [6.45, 7) is 0. The maximum Gasteiger partial charge on any atom is 0.341 e. The van der Waals surface area contributed by atoms with Crippen molar-refractivity contribution in [2.24, 2.45) is 0 Å². The molecule has 0 aliphatic rings. The molecular formula is C15H10N2O3. The predicted molar refractivity (Wildman–Crippen MR) is 73.0 cm³/mol. The first kappa shape index (κ1) is 12.1. The van der Waals surface area contributed by atoms with Crippen molar-refractivity contribution in [3.63, 3.8) is 0 Å². The van der Waals surface area contributed by atoms with Crippen LogP contribution in [0.5, 0.6) is 11.6 Å². The quantitative estimate of drug-likeness (QED) is 0.788. The number of aromatic nitrogens is 2. The Morgan fingerprint density at radius 2 is 1.75 bits per heavy atom. The Balaban J connectivity index is 2.08. The average molecular weight is 266 g/mol. The van der Waals surface area contributed by atoms with E-state index in [0.29, 0.717) is 11.3 Å². The van der Waals surface area contributed by atoms with Crippen molar-refractivity contribution >= 4 is 16.9 Å². The van der Waals surface area contributed by atoms with Crippen molar-refractivity contribution < 1.29 is 14.6 Å². The minimum Gasteiger partial charge on any atom is -0.477 e. The van der Waals surface area contributed by atoms with Crippen molar-refractivity contribution in [3.8, 4) is 11.6 Å². The first-order valence-electron chi connectivity index (χ1n) is 5.95. The third-order valence-electron chi connectivity index (χ3n) is 2.80. The number of ether oxygens (including phenoxy) is 1. The van der Waals surface area contributed by atoms with Gasteiger partial charge in [-0.05, 0) is 24.3 Å². The fourth-order valence-corrected chi connectivity index (χ4v) is 1.90. The number of nitrogens with zero attached hydrogens (tertiary/aromatic N) is 2. The number of benzene rings is 1. The minimum atomic E-state index is -1.08. The van der Waals surface area contributed by atoms with Gasteiger partial charge >= 0.3 is 5.97 Å². The van der Waals surface area contributed by atoms with E-state index in [0.717, 1.165) is 5.39 Å². The third-order valence-corrected chi connectivity index (χ3v) is 2.80. The SMILES string of the molecule is O=C(O)c1cccnc1Oc1cccc2cccnc12. The number of hydrogen-bond donors (Lipinski definition) is 1. The Hall–Kier alpha value is -2.95. The lowest BCUT2D eigenvalue weighted by Gasteiger charge is -2.09. The number of carboxylic acid groups (broad SMARTS) is 1. The zero-order valence-electron chi connectivity index (χ0n) is 10.4. The van der Waals surface area contributed by atoms with E-state index in [1.807, 2.05) is 24.3 Å². The fourth-order valence-electron chi connectivity index (χ4n) is 1.90. The van der Waals surface area contributed by atoms with Crippen LogP contribution >= 0.6 is 0 Å². The fraction of sp³-hybridized carbons (Fsp3) is 0. The monoisotopic (exact) mass is 266 g/mol. The van der Waals surface area contributed by atoms with Gasteiger partial charge in [0.05, 0.1) is 0 Å². The molecule has 3 aromatic rings. The van der Waals surface area contributed by atoms with Crippen molar-refractivity contribution in [2.45, 2.75) is 0 Å². The number of hydrogen-bond acceptors (Lipinski definition) is 4. The average Bonchev–Trinajstić information content (AvgIpc) is 2.48. The summed E-state index contributed by atoms with van der Waals surface area (Å²) in [5, 5.41) is 10.0. The molecule has 2 heterocycles. The zero-order valence-corrected chi connectivity index (χ0v) is 10.4. The van der Waals surface area contributed by atoms with Crippen LogP contribution < -0.4 is 4.74 Å². The molecular weight excluding hydrogens is 256 g/mol. The smallest absolute Gasteiger partial charge is 0.341 e. The highest BCUT2D eigenvalue weighted by Gasteiger charge is 2.14. The molecule has 2 aromatic heterocycles. The highest BCUT2D eigenvalue weighted by atomic mass is 16.5. The highest BCUT2D eigenvalue weighted by Crippen LogP contribution is 2.28. The van der Waals surface area contributed by atoms with E-state index in [1.54, 1.807) is 18.3 Å².